The van der Waals surface area contributed by atoms with Gasteiger partial charge in [0.05, 0.1) is 0 Å². The highest BCUT2D eigenvalue weighted by atomic mass is 14.0. The van der Waals surface area contributed by atoms with Gasteiger partial charge in [0.2, 0.25) is 0 Å². The normalized spacial score (nSPS) is 9.79. The van der Waals surface area contributed by atoms with E-state index in [1.165, 1.54) is 55.6 Å². The van der Waals surface area contributed by atoms with Crippen LogP contribution in [0.25, 0.3) is 0 Å². The molecule has 0 heterocycles. The number of hydrogen-bond acceptors (Lipinski definition) is 0. The van der Waals surface area contributed by atoms with E-state index in [1.807, 2.05) is 0 Å². The van der Waals surface area contributed by atoms with Crippen LogP contribution in [0, 0.1) is 69.2 Å². The van der Waals surface area contributed by atoms with E-state index >= 15 is 0 Å². The minimum Gasteiger partial charge on any atom is -0.0617 e. The molecule has 28 heavy (non-hydrogen) atoms. The molecule has 0 nitrogen and oxygen atoms in total. The minimum absolute atomic E-state index is 1.35. The SMILES string of the molecule is Cc1cc(C)c(C)cc1C.Cc1ccc(C)c(C)c1.Cc1cccc(C)c1C. The maximum atomic E-state index is 2.24. The number of aryl methyl sites for hydroxylation is 9. The summed E-state index contributed by atoms with van der Waals surface area (Å²) in [7, 11) is 0. The van der Waals surface area contributed by atoms with Crippen molar-refractivity contribution in [3.05, 3.63) is 104 Å². The fraction of sp³-hybridized carbons (Fsp3) is 0.357. The molecule has 0 amide bonds. The molecule has 0 aliphatic rings. The summed E-state index contributed by atoms with van der Waals surface area (Å²) in [5.41, 5.74) is 13.9. The molecule has 0 heteroatoms. The zero-order chi connectivity index (χ0) is 21.4. The van der Waals surface area contributed by atoms with Crippen molar-refractivity contribution in [1.29, 1.82) is 0 Å². The van der Waals surface area contributed by atoms with Crippen LogP contribution >= 0.6 is 0 Å². The summed E-state index contributed by atoms with van der Waals surface area (Å²) in [6, 6.07) is 17.4. The molecule has 0 aromatic heterocycles. The van der Waals surface area contributed by atoms with Crippen molar-refractivity contribution in [2.45, 2.75) is 69.2 Å². The fourth-order valence-electron chi connectivity index (χ4n) is 2.89. The Morgan fingerprint density at radius 2 is 0.750 bits per heavy atom. The van der Waals surface area contributed by atoms with Gasteiger partial charge in [0.15, 0.2) is 0 Å². The summed E-state index contributed by atoms with van der Waals surface area (Å²) >= 11 is 0. The Kier molecular flexibility index (Phi) is 9.19. The molecule has 150 valence electrons. The second kappa shape index (κ2) is 10.9. The van der Waals surface area contributed by atoms with Crippen LogP contribution in [-0.4, -0.2) is 0 Å². The van der Waals surface area contributed by atoms with E-state index in [1.54, 1.807) is 0 Å². The number of rotatable bonds is 0. The first-order valence-electron chi connectivity index (χ1n) is 10.1. The van der Waals surface area contributed by atoms with Crippen molar-refractivity contribution in [3.63, 3.8) is 0 Å². The lowest BCUT2D eigenvalue weighted by Crippen LogP contribution is -1.86. The molecule has 0 spiro atoms. The second-order valence-electron chi connectivity index (χ2n) is 8.13. The Morgan fingerprint density at radius 3 is 1.07 bits per heavy atom. The Balaban J connectivity index is 0.000000210. The molecule has 0 aliphatic heterocycles. The van der Waals surface area contributed by atoms with Crippen LogP contribution < -0.4 is 0 Å². The van der Waals surface area contributed by atoms with Crippen LogP contribution in [0.1, 0.15) is 55.6 Å². The molecule has 3 rings (SSSR count). The summed E-state index contributed by atoms with van der Waals surface area (Å²) < 4.78 is 0. The molecule has 0 saturated heterocycles. The first-order chi connectivity index (χ1) is 13.0. The molecule has 0 saturated carbocycles. The van der Waals surface area contributed by atoms with Gasteiger partial charge >= 0.3 is 0 Å². The van der Waals surface area contributed by atoms with Crippen LogP contribution in [-0.2, 0) is 0 Å². The monoisotopic (exact) mass is 374 g/mol. The third kappa shape index (κ3) is 7.35. The van der Waals surface area contributed by atoms with Crippen LogP contribution in [0.5, 0.6) is 0 Å². The van der Waals surface area contributed by atoms with Gasteiger partial charge in [-0.15, -0.1) is 0 Å². The number of benzene rings is 3. The lowest BCUT2D eigenvalue weighted by Gasteiger charge is -2.04. The minimum atomic E-state index is 1.35. The molecule has 3 aromatic carbocycles. The Labute approximate surface area is 173 Å². The summed E-state index contributed by atoms with van der Waals surface area (Å²) in [6.07, 6.45) is 0. The zero-order valence-electron chi connectivity index (χ0n) is 19.6. The number of hydrogen-bond donors (Lipinski definition) is 0. The molecule has 0 atom stereocenters. The molecular weight excluding hydrogens is 336 g/mol. The van der Waals surface area contributed by atoms with Crippen molar-refractivity contribution in [2.24, 2.45) is 0 Å². The van der Waals surface area contributed by atoms with Gasteiger partial charge in [0.25, 0.3) is 0 Å². The smallest absolute Gasteiger partial charge is 0.0392 e. The molecule has 0 N–H and O–H groups in total. The predicted octanol–water partition coefficient (Wildman–Crippen LogP) is 8.14. The van der Waals surface area contributed by atoms with Gasteiger partial charge in [0.1, 0.15) is 0 Å². The van der Waals surface area contributed by atoms with Crippen molar-refractivity contribution < 1.29 is 0 Å². The summed E-state index contributed by atoms with van der Waals surface area (Å²) in [5.74, 6) is 0. The standard InChI is InChI=1S/C10H14.2C9H12/c1-7-5-9(3)10(4)6-8(7)2;1-7-4-5-8(2)9(3)6-7;1-7-5-4-6-8(2)9(7)3/h5-6H,1-4H3;2*4-6H,1-3H3. The van der Waals surface area contributed by atoms with Crippen molar-refractivity contribution in [1.82, 2.24) is 0 Å². The first-order valence-corrected chi connectivity index (χ1v) is 10.1. The van der Waals surface area contributed by atoms with Crippen molar-refractivity contribution in [2.75, 3.05) is 0 Å². The summed E-state index contributed by atoms with van der Waals surface area (Å²) in [5, 5.41) is 0. The van der Waals surface area contributed by atoms with E-state index in [2.05, 4.69) is 118 Å². The molecular formula is C28H38. The van der Waals surface area contributed by atoms with Crippen LogP contribution in [0.15, 0.2) is 48.5 Å². The lowest BCUT2D eigenvalue weighted by molar-refractivity contribution is 1.24. The van der Waals surface area contributed by atoms with Crippen LogP contribution in [0.3, 0.4) is 0 Å². The molecule has 0 unspecified atom stereocenters. The van der Waals surface area contributed by atoms with Crippen molar-refractivity contribution >= 4 is 0 Å². The van der Waals surface area contributed by atoms with Crippen LogP contribution in [0.4, 0.5) is 0 Å². The maximum absolute atomic E-state index is 2.24. The van der Waals surface area contributed by atoms with E-state index in [0.717, 1.165) is 0 Å². The fourth-order valence-corrected chi connectivity index (χ4v) is 2.89. The Hall–Kier alpha value is -2.34. The van der Waals surface area contributed by atoms with Gasteiger partial charge in [-0.05, 0) is 119 Å². The topological polar surface area (TPSA) is 0 Å². The highest BCUT2D eigenvalue weighted by Crippen LogP contribution is 2.13. The van der Waals surface area contributed by atoms with Gasteiger partial charge < -0.3 is 0 Å². The van der Waals surface area contributed by atoms with E-state index in [4.69, 9.17) is 0 Å². The molecule has 3 aromatic rings. The zero-order valence-corrected chi connectivity index (χ0v) is 19.6. The second-order valence-corrected chi connectivity index (χ2v) is 8.13. The summed E-state index contributed by atoms with van der Waals surface area (Å²) in [4.78, 5) is 0. The van der Waals surface area contributed by atoms with Crippen LogP contribution in [0.2, 0.25) is 0 Å². The predicted molar refractivity (Wildman–Crippen MR) is 127 cm³/mol. The van der Waals surface area contributed by atoms with Crippen molar-refractivity contribution in [3.8, 4) is 0 Å². The highest BCUT2D eigenvalue weighted by Gasteiger charge is 1.95. The largest absolute Gasteiger partial charge is 0.0617 e. The third-order valence-electron chi connectivity index (χ3n) is 5.65. The van der Waals surface area contributed by atoms with Gasteiger partial charge in [-0.25, -0.2) is 0 Å². The molecule has 0 aliphatic carbocycles. The average molecular weight is 375 g/mol. The Bertz CT molecular complexity index is 843. The van der Waals surface area contributed by atoms with E-state index in [0.29, 0.717) is 0 Å². The van der Waals surface area contributed by atoms with E-state index < -0.39 is 0 Å². The quantitative estimate of drug-likeness (QED) is 0.372. The van der Waals surface area contributed by atoms with Gasteiger partial charge in [-0.1, -0.05) is 54.1 Å². The summed E-state index contributed by atoms with van der Waals surface area (Å²) in [6.45, 7) is 21.5. The first kappa shape index (κ1) is 23.7. The third-order valence-corrected chi connectivity index (χ3v) is 5.65. The molecule has 0 fully saturated rings. The average Bonchev–Trinajstić information content (AvgIpc) is 2.62. The highest BCUT2D eigenvalue weighted by molar-refractivity contribution is 5.35. The van der Waals surface area contributed by atoms with Gasteiger partial charge in [0, 0.05) is 0 Å². The maximum Gasteiger partial charge on any atom is -0.0392 e. The Morgan fingerprint density at radius 1 is 0.357 bits per heavy atom. The lowest BCUT2D eigenvalue weighted by atomic mass is 10.0. The van der Waals surface area contributed by atoms with Gasteiger partial charge in [-0.3, -0.25) is 0 Å². The van der Waals surface area contributed by atoms with E-state index in [-0.39, 0.29) is 0 Å². The molecule has 0 bridgehead atoms. The van der Waals surface area contributed by atoms with Gasteiger partial charge in [-0.2, -0.15) is 0 Å². The molecule has 0 radical (unpaired) electrons. The van der Waals surface area contributed by atoms with E-state index in [9.17, 15) is 0 Å².